The fourth-order valence-corrected chi connectivity index (χ4v) is 5.32. The van der Waals surface area contributed by atoms with Crippen molar-refractivity contribution >= 4 is 57.4 Å². The highest BCUT2D eigenvalue weighted by Crippen LogP contribution is 2.36. The smallest absolute Gasteiger partial charge is 0.141 e. The number of nitriles is 1. The lowest BCUT2D eigenvalue weighted by Crippen LogP contribution is -2.44. The van der Waals surface area contributed by atoms with Gasteiger partial charge in [0.15, 0.2) is 0 Å². The van der Waals surface area contributed by atoms with E-state index >= 15 is 0 Å². The van der Waals surface area contributed by atoms with Crippen LogP contribution in [0.5, 0.6) is 0 Å². The summed E-state index contributed by atoms with van der Waals surface area (Å²) in [5, 5.41) is 19.6. The van der Waals surface area contributed by atoms with E-state index in [0.29, 0.717) is 33.0 Å². The minimum absolute atomic E-state index is 0.0419. The van der Waals surface area contributed by atoms with Gasteiger partial charge in [-0.25, -0.2) is 4.39 Å². The molecule has 3 aromatic rings. The zero-order valence-corrected chi connectivity index (χ0v) is 25.6. The van der Waals surface area contributed by atoms with Crippen LogP contribution >= 0.6 is 23.2 Å². The van der Waals surface area contributed by atoms with E-state index in [1.54, 1.807) is 25.4 Å². The predicted octanol–water partition coefficient (Wildman–Crippen LogP) is 5.39. The first-order valence-electron chi connectivity index (χ1n) is 13.9. The maximum Gasteiger partial charge on any atom is 0.141 e. The number of nitrogens with one attached hydrogen (secondary N) is 4. The molecule has 3 heterocycles. The number of hydrazine groups is 2. The predicted molar refractivity (Wildman–Crippen MR) is 175 cm³/mol. The van der Waals surface area contributed by atoms with Gasteiger partial charge in [0.25, 0.3) is 0 Å². The molecule has 2 aliphatic heterocycles. The van der Waals surface area contributed by atoms with E-state index in [4.69, 9.17) is 27.9 Å². The van der Waals surface area contributed by atoms with Crippen LogP contribution in [0, 0.1) is 17.1 Å². The molecule has 13 heteroatoms. The molecule has 0 amide bonds. The summed E-state index contributed by atoms with van der Waals surface area (Å²) in [6.07, 6.45) is 8.85. The second-order valence-corrected chi connectivity index (χ2v) is 11.0. The fourth-order valence-electron chi connectivity index (χ4n) is 4.88. The Morgan fingerprint density at radius 3 is 2.77 bits per heavy atom. The molecule has 2 aromatic carbocycles. The summed E-state index contributed by atoms with van der Waals surface area (Å²) in [5.74, 6) is -0.540. The van der Waals surface area contributed by atoms with Crippen molar-refractivity contribution in [2.24, 2.45) is 4.99 Å². The molecule has 0 spiro atoms. The number of allylic oxidation sites excluding steroid dienone is 1. The lowest BCUT2D eigenvalue weighted by Gasteiger charge is -2.28. The monoisotopic (exact) mass is 635 g/mol. The number of hydrogen-bond acceptors (Lipinski definition) is 10. The zero-order chi connectivity index (χ0) is 31.1. The van der Waals surface area contributed by atoms with Gasteiger partial charge in [0.1, 0.15) is 11.9 Å². The molecule has 10 nitrogen and oxygen atoms in total. The van der Waals surface area contributed by atoms with Crippen LogP contribution < -0.4 is 21.6 Å². The number of hydrogen-bond donors (Lipinski definition) is 4. The van der Waals surface area contributed by atoms with Gasteiger partial charge in [0.2, 0.25) is 0 Å². The van der Waals surface area contributed by atoms with Crippen LogP contribution in [0.1, 0.15) is 5.56 Å². The molecule has 2 aliphatic rings. The van der Waals surface area contributed by atoms with E-state index in [1.165, 1.54) is 18.3 Å². The topological polar surface area (TPSA) is 113 Å². The largest absolute Gasteiger partial charge is 0.379 e. The Labute approximate surface area is 265 Å². The van der Waals surface area contributed by atoms with Crippen LogP contribution in [0.15, 0.2) is 77.7 Å². The Morgan fingerprint density at radius 1 is 1.23 bits per heavy atom. The molecule has 1 saturated heterocycles. The van der Waals surface area contributed by atoms with Gasteiger partial charge in [-0.05, 0) is 42.0 Å². The summed E-state index contributed by atoms with van der Waals surface area (Å²) in [6, 6.07) is 9.68. The van der Waals surface area contributed by atoms with Gasteiger partial charge in [-0.3, -0.25) is 19.9 Å². The maximum atomic E-state index is 13.8. The summed E-state index contributed by atoms with van der Waals surface area (Å²) in [4.78, 5) is 10.8. The van der Waals surface area contributed by atoms with Crippen LogP contribution in [0.2, 0.25) is 10.0 Å². The minimum Gasteiger partial charge on any atom is -0.379 e. The Kier molecular flexibility index (Phi) is 10.3. The van der Waals surface area contributed by atoms with Crippen LogP contribution in [-0.2, 0) is 4.74 Å². The molecule has 0 bridgehead atoms. The van der Waals surface area contributed by atoms with Crippen molar-refractivity contribution < 1.29 is 9.13 Å². The second-order valence-electron chi connectivity index (χ2n) is 10.2. The molecule has 4 N–H and O–H groups in total. The maximum absolute atomic E-state index is 13.8. The molecule has 0 radical (unpaired) electrons. The SMILES string of the molecule is C=C(/C=C\C=NC)[C@H](Nc1cc(Cl)c2ncc(C#N)c(Nc3ccc(F)c(Cl)c3)c2c1)C1=CN(CCN2CCOCC2)NN1. The summed E-state index contributed by atoms with van der Waals surface area (Å²) in [6.45, 7) is 9.29. The van der Waals surface area contributed by atoms with Crippen molar-refractivity contribution in [3.63, 3.8) is 0 Å². The van der Waals surface area contributed by atoms with Gasteiger partial charge in [0.05, 0.1) is 51.8 Å². The normalized spacial score (nSPS) is 16.2. The van der Waals surface area contributed by atoms with E-state index in [0.717, 1.165) is 50.7 Å². The molecule has 1 atom stereocenters. The van der Waals surface area contributed by atoms with Crippen molar-refractivity contribution in [2.75, 3.05) is 57.1 Å². The number of pyridine rings is 1. The standard InChI is InChI=1S/C31H32Cl2FN9O/c1-20(4-3-7-36-2)29(28-19-43(41-40-28)9-8-42-10-12-44-13-11-42)39-23-14-24-30(38-22-5-6-27(34)25(32)15-22)21(17-35)18-37-31(24)26(33)16-23/h3-7,14-16,18-19,29,39-41H,1,8-13H2,2H3,(H,37,38)/b4-3-,36-7?/t29-/m0/s1. The van der Waals surface area contributed by atoms with Gasteiger partial charge in [-0.15, -0.1) is 5.53 Å². The summed E-state index contributed by atoms with van der Waals surface area (Å²) >= 11 is 12.8. The number of nitrogens with zero attached hydrogens (tertiary/aromatic N) is 5. The summed E-state index contributed by atoms with van der Waals surface area (Å²) in [7, 11) is 1.70. The van der Waals surface area contributed by atoms with E-state index in [2.05, 4.69) is 49.1 Å². The van der Waals surface area contributed by atoms with Gasteiger partial charge >= 0.3 is 0 Å². The first-order chi connectivity index (χ1) is 21.4. The van der Waals surface area contributed by atoms with Crippen LogP contribution in [-0.4, -0.2) is 73.6 Å². The molecular weight excluding hydrogens is 604 g/mol. The molecule has 0 saturated carbocycles. The Balaban J connectivity index is 1.46. The highest BCUT2D eigenvalue weighted by atomic mass is 35.5. The number of morpholine rings is 1. The molecule has 1 fully saturated rings. The van der Waals surface area contributed by atoms with E-state index in [1.807, 2.05) is 29.4 Å². The van der Waals surface area contributed by atoms with E-state index in [-0.39, 0.29) is 16.6 Å². The highest BCUT2D eigenvalue weighted by Gasteiger charge is 2.24. The number of ether oxygens (including phenoxy) is 1. The van der Waals surface area contributed by atoms with Gasteiger partial charge < -0.3 is 20.8 Å². The number of aromatic nitrogens is 1. The van der Waals surface area contributed by atoms with Crippen molar-refractivity contribution in [1.82, 2.24) is 25.9 Å². The van der Waals surface area contributed by atoms with Crippen LogP contribution in [0.25, 0.3) is 10.9 Å². The highest BCUT2D eigenvalue weighted by molar-refractivity contribution is 6.36. The summed E-state index contributed by atoms with van der Waals surface area (Å²) < 4.78 is 19.3. The third-order valence-corrected chi connectivity index (χ3v) is 7.75. The summed E-state index contributed by atoms with van der Waals surface area (Å²) in [5.41, 5.74) is 10.5. The molecule has 5 rings (SSSR count). The molecule has 0 aliphatic carbocycles. The zero-order valence-electron chi connectivity index (χ0n) is 24.1. The Morgan fingerprint density at radius 2 is 2.02 bits per heavy atom. The van der Waals surface area contributed by atoms with E-state index in [9.17, 15) is 9.65 Å². The van der Waals surface area contributed by atoms with Crippen LogP contribution in [0.3, 0.4) is 0 Å². The quantitative estimate of drug-likeness (QED) is 0.163. The van der Waals surface area contributed by atoms with Crippen molar-refractivity contribution in [3.8, 4) is 6.07 Å². The average molecular weight is 637 g/mol. The average Bonchev–Trinajstić information content (AvgIpc) is 3.50. The molecule has 0 unspecified atom stereocenters. The molecule has 44 heavy (non-hydrogen) atoms. The number of benzene rings is 2. The number of fused-ring (bicyclic) bond motifs is 1. The molecule has 1 aromatic heterocycles. The minimum atomic E-state index is -0.540. The molecular formula is C31H32Cl2FN9O. The van der Waals surface area contributed by atoms with Crippen molar-refractivity contribution in [2.45, 2.75) is 6.04 Å². The van der Waals surface area contributed by atoms with Crippen molar-refractivity contribution in [1.29, 1.82) is 5.26 Å². The Hall–Kier alpha value is -4.18. The molecule has 228 valence electrons. The van der Waals surface area contributed by atoms with Gasteiger partial charge in [0, 0.05) is 68.6 Å². The third-order valence-electron chi connectivity index (χ3n) is 7.17. The Bertz CT molecular complexity index is 1660. The number of rotatable bonds is 11. The fraction of sp³-hybridized carbons (Fsp3) is 0.258. The number of halogens is 3. The second kappa shape index (κ2) is 14.5. The number of anilines is 3. The lowest BCUT2D eigenvalue weighted by molar-refractivity contribution is 0.0334. The first kappa shape index (κ1) is 31.3. The van der Waals surface area contributed by atoms with E-state index < -0.39 is 5.82 Å². The van der Waals surface area contributed by atoms with Gasteiger partial charge in [-0.1, -0.05) is 35.9 Å². The van der Waals surface area contributed by atoms with Gasteiger partial charge in [-0.2, -0.15) is 5.26 Å². The lowest BCUT2D eigenvalue weighted by atomic mass is 10.0. The van der Waals surface area contributed by atoms with Crippen molar-refractivity contribution in [3.05, 3.63) is 94.2 Å². The van der Waals surface area contributed by atoms with Crippen LogP contribution in [0.4, 0.5) is 21.5 Å². The third kappa shape index (κ3) is 7.48. The number of aliphatic imine (C=N–C) groups is 1. The first-order valence-corrected chi connectivity index (χ1v) is 14.7.